The molecule has 196 valence electrons. The smallest absolute Gasteiger partial charge is 0.290 e. The number of pyridine rings is 1. The van der Waals surface area contributed by atoms with E-state index in [1.54, 1.807) is 6.92 Å². The number of likely N-dealkylation sites (tertiary alicyclic amines) is 1. The van der Waals surface area contributed by atoms with Crippen molar-refractivity contribution in [2.24, 2.45) is 0 Å². The molecule has 2 N–H and O–H groups in total. The Balaban J connectivity index is 0.00000121. The van der Waals surface area contributed by atoms with E-state index in [9.17, 15) is 22.4 Å². The minimum absolute atomic E-state index is 0.0695. The number of carboxylic acid groups (broad SMARTS) is 1. The molecule has 1 atom stereocenters. The van der Waals surface area contributed by atoms with Crippen LogP contribution in [0.1, 0.15) is 54.6 Å². The van der Waals surface area contributed by atoms with Crippen LogP contribution in [0.3, 0.4) is 0 Å². The molecule has 0 aliphatic carbocycles. The van der Waals surface area contributed by atoms with Gasteiger partial charge in [-0.05, 0) is 31.2 Å². The Hall–Kier alpha value is -3.93. The second-order valence-electron chi connectivity index (χ2n) is 8.72. The molecule has 2 aromatic heterocycles. The Morgan fingerprint density at radius 1 is 1.08 bits per heavy atom. The fraction of sp³-hybridized carbons (Fsp3) is 0.320. The zero-order valence-electron chi connectivity index (χ0n) is 20.3. The van der Waals surface area contributed by atoms with Gasteiger partial charge in [0, 0.05) is 35.6 Å². The van der Waals surface area contributed by atoms with Crippen molar-refractivity contribution in [2.45, 2.75) is 38.7 Å². The van der Waals surface area contributed by atoms with Gasteiger partial charge in [-0.15, -0.1) is 0 Å². The topological polar surface area (TPSA) is 108 Å². The third kappa shape index (κ3) is 6.45. The molecule has 0 spiro atoms. The third-order valence-electron chi connectivity index (χ3n) is 5.70. The summed E-state index contributed by atoms with van der Waals surface area (Å²) in [5.41, 5.74) is 0.589. The Kier molecular flexibility index (Phi) is 8.53. The van der Waals surface area contributed by atoms with E-state index < -0.39 is 42.6 Å². The molecule has 1 saturated heterocycles. The van der Waals surface area contributed by atoms with Crippen LogP contribution in [0.5, 0.6) is 0 Å². The van der Waals surface area contributed by atoms with Gasteiger partial charge in [-0.3, -0.25) is 19.5 Å². The van der Waals surface area contributed by atoms with Gasteiger partial charge < -0.3 is 10.4 Å². The largest absolute Gasteiger partial charge is 0.483 e. The first-order valence-corrected chi connectivity index (χ1v) is 11.2. The van der Waals surface area contributed by atoms with Gasteiger partial charge in [0.2, 0.25) is 0 Å². The van der Waals surface area contributed by atoms with Crippen molar-refractivity contribution in [2.75, 3.05) is 18.4 Å². The molecule has 0 bridgehead atoms. The Morgan fingerprint density at radius 3 is 2.27 bits per heavy atom. The highest BCUT2D eigenvalue weighted by atomic mass is 19.3. The van der Waals surface area contributed by atoms with Crippen LogP contribution >= 0.6 is 0 Å². The van der Waals surface area contributed by atoms with Crippen LogP contribution in [-0.4, -0.2) is 56.3 Å². The molecule has 8 nitrogen and oxygen atoms in total. The predicted octanol–water partition coefficient (Wildman–Crippen LogP) is 4.91. The molecular weight excluding hydrogens is 494 g/mol. The number of amides is 1. The van der Waals surface area contributed by atoms with Gasteiger partial charge in [-0.2, -0.15) is 0 Å². The summed E-state index contributed by atoms with van der Waals surface area (Å²) in [6.45, 7) is 4.31. The van der Waals surface area contributed by atoms with Gasteiger partial charge in [0.05, 0.1) is 36.1 Å². The highest BCUT2D eigenvalue weighted by molar-refractivity contribution is 6.06. The minimum atomic E-state index is -2.81. The van der Waals surface area contributed by atoms with E-state index in [1.165, 1.54) is 29.6 Å². The van der Waals surface area contributed by atoms with Crippen molar-refractivity contribution in [1.82, 2.24) is 19.9 Å². The molecule has 4 rings (SSSR count). The molecule has 3 aromatic rings. The number of alkyl halides is 2. The van der Waals surface area contributed by atoms with Crippen molar-refractivity contribution >= 4 is 18.1 Å². The highest BCUT2D eigenvalue weighted by Gasteiger charge is 2.46. The normalized spacial score (nSPS) is 15.2. The van der Waals surface area contributed by atoms with Gasteiger partial charge in [-0.25, -0.2) is 27.5 Å². The number of halogens is 4. The number of hydrogen-bond acceptors (Lipinski definition) is 6. The first kappa shape index (κ1) is 27.7. The average Bonchev–Trinajstić information content (AvgIpc) is 2.84. The minimum Gasteiger partial charge on any atom is -0.483 e. The Morgan fingerprint density at radius 2 is 1.70 bits per heavy atom. The van der Waals surface area contributed by atoms with E-state index in [-0.39, 0.29) is 40.5 Å². The van der Waals surface area contributed by atoms with E-state index in [0.29, 0.717) is 5.82 Å². The van der Waals surface area contributed by atoms with Crippen molar-refractivity contribution in [3.63, 3.8) is 0 Å². The van der Waals surface area contributed by atoms with Crippen molar-refractivity contribution in [3.05, 3.63) is 71.6 Å². The number of anilines is 1. The lowest BCUT2D eigenvalue weighted by Gasteiger charge is -2.42. The number of carbonyl (C=O) groups excluding carboxylic acids is 1. The molecule has 1 aliphatic rings. The Labute approximate surface area is 210 Å². The molecule has 12 heteroatoms. The number of carbonyl (C=O) groups is 2. The second-order valence-corrected chi connectivity index (χ2v) is 8.72. The summed E-state index contributed by atoms with van der Waals surface area (Å²) in [5, 5.41) is 9.60. The fourth-order valence-corrected chi connectivity index (χ4v) is 3.79. The number of hydrogen-bond donors (Lipinski definition) is 2. The van der Waals surface area contributed by atoms with Crippen LogP contribution in [0.15, 0.2) is 42.9 Å². The highest BCUT2D eigenvalue weighted by Crippen LogP contribution is 2.40. The second kappa shape index (κ2) is 11.4. The van der Waals surface area contributed by atoms with Crippen molar-refractivity contribution in [1.29, 1.82) is 0 Å². The van der Waals surface area contributed by atoms with Crippen LogP contribution in [0, 0.1) is 11.6 Å². The van der Waals surface area contributed by atoms with Gasteiger partial charge >= 0.3 is 0 Å². The summed E-state index contributed by atoms with van der Waals surface area (Å²) in [5.74, 6) is -4.14. The van der Waals surface area contributed by atoms with Crippen LogP contribution in [0.2, 0.25) is 0 Å². The van der Waals surface area contributed by atoms with Gasteiger partial charge in [-0.1, -0.05) is 13.8 Å². The molecule has 1 aromatic carbocycles. The van der Waals surface area contributed by atoms with Gasteiger partial charge in [0.15, 0.2) is 0 Å². The summed E-state index contributed by atoms with van der Waals surface area (Å²) < 4.78 is 55.6. The molecular formula is C25H25F4N5O3. The third-order valence-corrected chi connectivity index (χ3v) is 5.70. The van der Waals surface area contributed by atoms with Crippen molar-refractivity contribution < 1.29 is 32.3 Å². The molecule has 1 fully saturated rings. The molecule has 3 heterocycles. The number of nitrogens with zero attached hydrogens (tertiary/aromatic N) is 4. The average molecular weight is 519 g/mol. The monoisotopic (exact) mass is 519 g/mol. The lowest BCUT2D eigenvalue weighted by atomic mass is 9.98. The summed E-state index contributed by atoms with van der Waals surface area (Å²) in [7, 11) is 0. The van der Waals surface area contributed by atoms with E-state index in [1.807, 2.05) is 13.8 Å². The summed E-state index contributed by atoms with van der Waals surface area (Å²) in [6, 6.07) is 3.79. The lowest BCUT2D eigenvalue weighted by Crippen LogP contribution is -2.56. The molecule has 1 unspecified atom stereocenters. The number of nitrogens with one attached hydrogen (secondary N) is 1. The van der Waals surface area contributed by atoms with Crippen LogP contribution < -0.4 is 5.32 Å². The number of benzene rings is 1. The van der Waals surface area contributed by atoms with E-state index in [4.69, 9.17) is 9.90 Å². The van der Waals surface area contributed by atoms with Crippen LogP contribution in [0.25, 0.3) is 11.1 Å². The molecule has 1 aliphatic heterocycles. The maximum absolute atomic E-state index is 14.7. The predicted molar refractivity (Wildman–Crippen MR) is 127 cm³/mol. The summed E-state index contributed by atoms with van der Waals surface area (Å²) in [4.78, 5) is 35.6. The van der Waals surface area contributed by atoms with Gasteiger partial charge in [0.25, 0.3) is 18.3 Å². The summed E-state index contributed by atoms with van der Waals surface area (Å²) >= 11 is 0. The zero-order chi connectivity index (χ0) is 27.3. The first-order chi connectivity index (χ1) is 17.5. The van der Waals surface area contributed by atoms with Crippen molar-refractivity contribution in [3.8, 4) is 11.1 Å². The SMILES string of the molecule is CC(C)c1ncc(C(=O)Nc2c(-c3cc(F)ccc3F)ccnc2C(C)N2CC(F)(F)C2)cn1.O=CO. The van der Waals surface area contributed by atoms with Crippen LogP contribution in [-0.2, 0) is 4.79 Å². The maximum atomic E-state index is 14.7. The molecule has 0 saturated carbocycles. The zero-order valence-corrected chi connectivity index (χ0v) is 20.3. The quantitative estimate of drug-likeness (QED) is 0.352. The van der Waals surface area contributed by atoms with Crippen LogP contribution in [0.4, 0.5) is 23.2 Å². The number of rotatable bonds is 6. The molecule has 1 amide bonds. The maximum Gasteiger partial charge on any atom is 0.290 e. The first-order valence-electron chi connectivity index (χ1n) is 11.2. The summed E-state index contributed by atoms with van der Waals surface area (Å²) in [6.07, 6.45) is 4.12. The Bertz CT molecular complexity index is 1260. The van der Waals surface area contributed by atoms with Gasteiger partial charge in [0.1, 0.15) is 17.5 Å². The van der Waals surface area contributed by atoms with E-state index >= 15 is 0 Å². The van der Waals surface area contributed by atoms with E-state index in [0.717, 1.165) is 18.2 Å². The van der Waals surface area contributed by atoms with E-state index in [2.05, 4.69) is 20.3 Å². The molecule has 37 heavy (non-hydrogen) atoms. The lowest BCUT2D eigenvalue weighted by molar-refractivity contribution is -0.144. The molecule has 0 radical (unpaired) electrons. The number of aromatic nitrogens is 3. The standard InChI is InChI=1S/C24H23F4N5O.CH2O2/c1-13(2)22-30-9-15(10-31-22)23(34)32-21-17(18-8-16(25)4-5-19(18)26)6-7-29-20(21)14(3)33-11-24(27,28)12-33;2-1-3/h4-10,13-14H,11-12H2,1-3H3,(H,32,34);1H,(H,2,3). The fourth-order valence-electron chi connectivity index (χ4n) is 3.79.